The van der Waals surface area contributed by atoms with E-state index < -0.39 is 0 Å². The van der Waals surface area contributed by atoms with Crippen LogP contribution in [0.25, 0.3) is 0 Å². The molecule has 0 aliphatic rings. The molecular weight excluding hydrogens is 188 g/mol. The van der Waals surface area contributed by atoms with E-state index in [9.17, 15) is 0 Å². The van der Waals surface area contributed by atoms with Crippen LogP contribution in [0.5, 0.6) is 5.75 Å². The molecule has 70 valence electrons. The average molecular weight is 199 g/mol. The summed E-state index contributed by atoms with van der Waals surface area (Å²) >= 11 is 5.70. The van der Waals surface area contributed by atoms with Gasteiger partial charge in [0.05, 0.1) is 11.2 Å². The summed E-state index contributed by atoms with van der Waals surface area (Å²) in [4.78, 5) is 3.87. The molecule has 4 heteroatoms. The van der Waals surface area contributed by atoms with Crippen molar-refractivity contribution in [3.8, 4) is 5.75 Å². The van der Waals surface area contributed by atoms with Gasteiger partial charge in [0.1, 0.15) is 12.4 Å². The van der Waals surface area contributed by atoms with Crippen LogP contribution in [0.4, 0.5) is 0 Å². The highest BCUT2D eigenvalue weighted by Crippen LogP contribution is 2.15. The van der Waals surface area contributed by atoms with Crippen LogP contribution in [-0.4, -0.2) is 18.1 Å². The van der Waals surface area contributed by atoms with Gasteiger partial charge in [0.25, 0.3) is 0 Å². The van der Waals surface area contributed by atoms with Gasteiger partial charge in [0, 0.05) is 18.8 Å². The first-order valence-electron chi connectivity index (χ1n) is 3.82. The fourth-order valence-corrected chi connectivity index (χ4v) is 0.880. The molecule has 2 N–H and O–H groups in total. The van der Waals surface area contributed by atoms with E-state index in [0.29, 0.717) is 23.9 Å². The molecule has 0 radical (unpaired) electrons. The fraction of sp³-hybridized carbons (Fsp3) is 0.222. The van der Waals surface area contributed by atoms with Gasteiger partial charge in [-0.25, -0.2) is 0 Å². The molecule has 0 fully saturated rings. The van der Waals surface area contributed by atoms with E-state index in [1.54, 1.807) is 18.5 Å². The summed E-state index contributed by atoms with van der Waals surface area (Å²) < 4.78 is 5.31. The minimum absolute atomic E-state index is 0.401. The summed E-state index contributed by atoms with van der Waals surface area (Å²) in [5, 5.41) is 0.552. The Kier molecular flexibility index (Phi) is 3.73. The van der Waals surface area contributed by atoms with Gasteiger partial charge < -0.3 is 10.5 Å². The van der Waals surface area contributed by atoms with E-state index in [0.717, 1.165) is 5.57 Å². The van der Waals surface area contributed by atoms with Crippen molar-refractivity contribution in [1.82, 2.24) is 4.98 Å². The SMILES string of the molecule is C=C(CN)COc1cncc(Cl)c1. The van der Waals surface area contributed by atoms with Crippen molar-refractivity contribution in [3.05, 3.63) is 35.6 Å². The van der Waals surface area contributed by atoms with Crippen molar-refractivity contribution < 1.29 is 4.74 Å². The Balaban J connectivity index is 2.50. The van der Waals surface area contributed by atoms with Gasteiger partial charge in [0.2, 0.25) is 0 Å². The Morgan fingerprint density at radius 2 is 2.38 bits per heavy atom. The van der Waals surface area contributed by atoms with Crippen molar-refractivity contribution in [1.29, 1.82) is 0 Å². The van der Waals surface area contributed by atoms with Gasteiger partial charge in [-0.05, 0) is 5.57 Å². The van der Waals surface area contributed by atoms with Gasteiger partial charge in [0.15, 0.2) is 0 Å². The maximum atomic E-state index is 5.70. The number of aromatic nitrogens is 1. The number of halogens is 1. The van der Waals surface area contributed by atoms with Gasteiger partial charge in [-0.2, -0.15) is 0 Å². The third kappa shape index (κ3) is 3.44. The smallest absolute Gasteiger partial charge is 0.139 e. The zero-order valence-electron chi connectivity index (χ0n) is 7.16. The van der Waals surface area contributed by atoms with Gasteiger partial charge >= 0.3 is 0 Å². The Bertz CT molecular complexity index is 301. The quantitative estimate of drug-likeness (QED) is 0.749. The number of nitrogens with two attached hydrogens (primary N) is 1. The first-order valence-corrected chi connectivity index (χ1v) is 4.20. The van der Waals surface area contributed by atoms with Crippen molar-refractivity contribution >= 4 is 11.6 Å². The van der Waals surface area contributed by atoms with Crippen LogP contribution in [0.1, 0.15) is 0 Å². The second-order valence-electron chi connectivity index (χ2n) is 2.58. The molecule has 0 atom stereocenters. The van der Waals surface area contributed by atoms with Crippen molar-refractivity contribution in [2.75, 3.05) is 13.2 Å². The molecule has 13 heavy (non-hydrogen) atoms. The molecule has 1 heterocycles. The van der Waals surface area contributed by atoms with Crippen LogP contribution in [-0.2, 0) is 0 Å². The Labute approximate surface area is 82.2 Å². The van der Waals surface area contributed by atoms with E-state index in [4.69, 9.17) is 22.1 Å². The van der Waals surface area contributed by atoms with Crippen molar-refractivity contribution in [2.45, 2.75) is 0 Å². The fourth-order valence-electron chi connectivity index (χ4n) is 0.716. The first kappa shape index (κ1) is 10.0. The lowest BCUT2D eigenvalue weighted by Gasteiger charge is -2.06. The minimum Gasteiger partial charge on any atom is -0.488 e. The molecule has 0 bridgehead atoms. The largest absolute Gasteiger partial charge is 0.488 e. The second kappa shape index (κ2) is 4.84. The zero-order chi connectivity index (χ0) is 9.68. The number of rotatable bonds is 4. The minimum atomic E-state index is 0.401. The molecular formula is C9H11ClN2O. The lowest BCUT2D eigenvalue weighted by atomic mass is 10.3. The molecule has 0 spiro atoms. The lowest BCUT2D eigenvalue weighted by molar-refractivity contribution is 0.349. The summed E-state index contributed by atoms with van der Waals surface area (Å²) in [6.45, 7) is 4.53. The number of pyridine rings is 1. The zero-order valence-corrected chi connectivity index (χ0v) is 7.92. The van der Waals surface area contributed by atoms with Crippen LogP contribution in [0.3, 0.4) is 0 Å². The van der Waals surface area contributed by atoms with E-state index in [1.165, 1.54) is 0 Å². The molecule has 0 saturated carbocycles. The van der Waals surface area contributed by atoms with Crippen molar-refractivity contribution in [2.24, 2.45) is 5.73 Å². The molecule has 3 nitrogen and oxygen atoms in total. The predicted molar refractivity (Wildman–Crippen MR) is 52.9 cm³/mol. The van der Waals surface area contributed by atoms with Crippen LogP contribution in [0.2, 0.25) is 5.02 Å². The second-order valence-corrected chi connectivity index (χ2v) is 3.02. The molecule has 0 amide bonds. The third-order valence-electron chi connectivity index (χ3n) is 1.41. The van der Waals surface area contributed by atoms with E-state index >= 15 is 0 Å². The van der Waals surface area contributed by atoms with E-state index in [2.05, 4.69) is 11.6 Å². The van der Waals surface area contributed by atoms with Crippen molar-refractivity contribution in [3.63, 3.8) is 0 Å². The molecule has 0 aliphatic heterocycles. The molecule has 1 rings (SSSR count). The average Bonchev–Trinajstić information content (AvgIpc) is 2.14. The first-order chi connectivity index (χ1) is 6.22. The monoisotopic (exact) mass is 198 g/mol. The van der Waals surface area contributed by atoms with E-state index in [1.807, 2.05) is 0 Å². The highest BCUT2D eigenvalue weighted by atomic mass is 35.5. The topological polar surface area (TPSA) is 48.1 Å². The summed E-state index contributed by atoms with van der Waals surface area (Å²) in [5.74, 6) is 0.627. The Morgan fingerprint density at radius 1 is 1.62 bits per heavy atom. The maximum Gasteiger partial charge on any atom is 0.139 e. The van der Waals surface area contributed by atoms with Crippen LogP contribution in [0, 0.1) is 0 Å². The predicted octanol–water partition coefficient (Wildman–Crippen LogP) is 1.63. The molecule has 0 aliphatic carbocycles. The summed E-state index contributed by atoms with van der Waals surface area (Å²) in [7, 11) is 0. The molecule has 0 aromatic carbocycles. The third-order valence-corrected chi connectivity index (χ3v) is 1.62. The maximum absolute atomic E-state index is 5.70. The summed E-state index contributed by atoms with van der Waals surface area (Å²) in [6.07, 6.45) is 3.14. The number of nitrogens with zero attached hydrogens (tertiary/aromatic N) is 1. The highest BCUT2D eigenvalue weighted by molar-refractivity contribution is 6.30. The van der Waals surface area contributed by atoms with Gasteiger partial charge in [-0.3, -0.25) is 4.98 Å². The van der Waals surface area contributed by atoms with Crippen LogP contribution in [0.15, 0.2) is 30.6 Å². The highest BCUT2D eigenvalue weighted by Gasteiger charge is 1.96. The number of ether oxygens (including phenoxy) is 1. The summed E-state index contributed by atoms with van der Waals surface area (Å²) in [6, 6.07) is 1.69. The molecule has 0 unspecified atom stereocenters. The Hall–Kier alpha value is -1.06. The standard InChI is InChI=1S/C9H11ClN2O/c1-7(3-11)6-13-9-2-8(10)4-12-5-9/h2,4-5H,1,3,6,11H2. The van der Waals surface area contributed by atoms with Gasteiger partial charge in [-0.1, -0.05) is 18.2 Å². The molecule has 1 aromatic heterocycles. The number of hydrogen-bond acceptors (Lipinski definition) is 3. The normalized spacial score (nSPS) is 9.69. The Morgan fingerprint density at radius 3 is 3.00 bits per heavy atom. The van der Waals surface area contributed by atoms with Crippen LogP contribution < -0.4 is 10.5 Å². The number of hydrogen-bond donors (Lipinski definition) is 1. The van der Waals surface area contributed by atoms with Crippen LogP contribution >= 0.6 is 11.6 Å². The molecule has 0 saturated heterocycles. The lowest BCUT2D eigenvalue weighted by Crippen LogP contribution is -2.09. The van der Waals surface area contributed by atoms with Gasteiger partial charge in [-0.15, -0.1) is 0 Å². The summed E-state index contributed by atoms with van der Waals surface area (Å²) in [5.41, 5.74) is 6.18. The van der Waals surface area contributed by atoms with E-state index in [-0.39, 0.29) is 0 Å². The molecule has 1 aromatic rings.